The normalized spacial score (nSPS) is 20.5. The highest BCUT2D eigenvalue weighted by molar-refractivity contribution is 7.94. The molecular weight excluding hydrogens is 468 g/mol. The number of methoxy groups -OCH3 is 1. The molecule has 2 aliphatic heterocycles. The molecule has 2 aromatic rings. The predicted octanol–water partition coefficient (Wildman–Crippen LogP) is 1.67. The highest BCUT2D eigenvalue weighted by Crippen LogP contribution is 2.27. The molecule has 33 heavy (non-hydrogen) atoms. The minimum atomic E-state index is -3.69. The Morgan fingerprint density at radius 3 is 2.24 bits per heavy atom. The maximum Gasteiger partial charge on any atom is 0.258 e. The molecule has 11 heteroatoms. The topological polar surface area (TPSA) is 110 Å². The predicted molar refractivity (Wildman–Crippen MR) is 123 cm³/mol. The Labute approximate surface area is 193 Å². The molecule has 0 unspecified atom stereocenters. The van der Waals surface area contributed by atoms with Crippen LogP contribution in [0.15, 0.2) is 64.9 Å². The second kappa shape index (κ2) is 9.26. The molecule has 0 radical (unpaired) electrons. The molecule has 1 amide bonds. The number of sulfonamides is 1. The van der Waals surface area contributed by atoms with E-state index < -0.39 is 31.8 Å². The van der Waals surface area contributed by atoms with Gasteiger partial charge >= 0.3 is 0 Å². The zero-order valence-electron chi connectivity index (χ0n) is 18.0. The number of anilines is 1. The SMILES string of the molecule is COc1ccc(N(C(=O)c2ccc(S(=O)(=O)N3CCOCC3)cc2)[C@H]2C=CS(=O)(=O)C2)cc1. The van der Waals surface area contributed by atoms with E-state index in [4.69, 9.17) is 9.47 Å². The third-order valence-corrected chi connectivity index (χ3v) is 8.81. The van der Waals surface area contributed by atoms with Crippen LogP contribution in [0.3, 0.4) is 0 Å². The van der Waals surface area contributed by atoms with Crippen LogP contribution in [0.5, 0.6) is 5.75 Å². The number of ether oxygens (including phenoxy) is 2. The van der Waals surface area contributed by atoms with Crippen LogP contribution >= 0.6 is 0 Å². The zero-order valence-corrected chi connectivity index (χ0v) is 19.6. The summed E-state index contributed by atoms with van der Waals surface area (Å²) in [5.41, 5.74) is 0.738. The average molecular weight is 493 g/mol. The molecule has 2 heterocycles. The van der Waals surface area contributed by atoms with E-state index in [0.29, 0.717) is 24.7 Å². The summed E-state index contributed by atoms with van der Waals surface area (Å²) in [4.78, 5) is 14.9. The van der Waals surface area contributed by atoms with Gasteiger partial charge in [0.2, 0.25) is 10.0 Å². The van der Waals surface area contributed by atoms with Crippen molar-refractivity contribution in [3.8, 4) is 5.75 Å². The second-order valence-corrected chi connectivity index (χ2v) is 11.5. The number of rotatable bonds is 6. The van der Waals surface area contributed by atoms with Gasteiger partial charge in [-0.25, -0.2) is 16.8 Å². The molecule has 4 rings (SSSR count). The Morgan fingerprint density at radius 2 is 1.70 bits per heavy atom. The van der Waals surface area contributed by atoms with E-state index in [-0.39, 0.29) is 29.3 Å². The number of morpholine rings is 1. The Balaban J connectivity index is 1.64. The molecular formula is C22H24N2O7S2. The number of sulfone groups is 1. The van der Waals surface area contributed by atoms with Crippen molar-refractivity contribution in [2.75, 3.05) is 44.1 Å². The molecule has 0 N–H and O–H groups in total. The largest absolute Gasteiger partial charge is 0.497 e. The van der Waals surface area contributed by atoms with Crippen LogP contribution in [0.25, 0.3) is 0 Å². The van der Waals surface area contributed by atoms with Crippen molar-refractivity contribution in [1.82, 2.24) is 4.31 Å². The molecule has 1 atom stereocenters. The van der Waals surface area contributed by atoms with E-state index in [1.54, 1.807) is 24.3 Å². The first-order valence-electron chi connectivity index (χ1n) is 10.3. The number of benzene rings is 2. The van der Waals surface area contributed by atoms with Crippen LogP contribution in [0, 0.1) is 0 Å². The van der Waals surface area contributed by atoms with Gasteiger partial charge in [-0.15, -0.1) is 0 Å². The van der Waals surface area contributed by atoms with E-state index in [0.717, 1.165) is 5.41 Å². The minimum Gasteiger partial charge on any atom is -0.497 e. The summed E-state index contributed by atoms with van der Waals surface area (Å²) >= 11 is 0. The van der Waals surface area contributed by atoms with Crippen LogP contribution in [0.1, 0.15) is 10.4 Å². The number of nitrogens with zero attached hydrogens (tertiary/aromatic N) is 2. The number of hydrogen-bond acceptors (Lipinski definition) is 7. The Bertz CT molecular complexity index is 1250. The van der Waals surface area contributed by atoms with Crippen LogP contribution in [-0.2, 0) is 24.6 Å². The first-order chi connectivity index (χ1) is 15.7. The molecule has 176 valence electrons. The Kier molecular flexibility index (Phi) is 6.57. The summed E-state index contributed by atoms with van der Waals surface area (Å²) in [5, 5.41) is 1.11. The highest BCUT2D eigenvalue weighted by atomic mass is 32.2. The van der Waals surface area contributed by atoms with E-state index in [9.17, 15) is 21.6 Å². The lowest BCUT2D eigenvalue weighted by atomic mass is 10.1. The standard InChI is InChI=1S/C22H24N2O7S2/c1-30-20-6-4-18(5-7-20)24(19-10-15-32(26,27)16-19)22(25)17-2-8-21(9-3-17)33(28,29)23-11-13-31-14-12-23/h2-10,15,19H,11-14,16H2,1H3/t19-/m0/s1. The molecule has 1 saturated heterocycles. The molecule has 0 aliphatic carbocycles. The van der Waals surface area contributed by atoms with Crippen molar-refractivity contribution < 1.29 is 31.1 Å². The number of hydrogen-bond donors (Lipinski definition) is 0. The van der Waals surface area contributed by atoms with Gasteiger partial charge in [0.15, 0.2) is 9.84 Å². The van der Waals surface area contributed by atoms with Crippen LogP contribution < -0.4 is 9.64 Å². The molecule has 2 aliphatic rings. The van der Waals surface area contributed by atoms with Crippen LogP contribution in [0.4, 0.5) is 5.69 Å². The van der Waals surface area contributed by atoms with Crippen molar-refractivity contribution in [2.45, 2.75) is 10.9 Å². The molecule has 1 fully saturated rings. The maximum atomic E-state index is 13.5. The average Bonchev–Trinajstić information content (AvgIpc) is 3.19. The van der Waals surface area contributed by atoms with Crippen LogP contribution in [0.2, 0.25) is 0 Å². The van der Waals surface area contributed by atoms with E-state index in [2.05, 4.69) is 0 Å². The third kappa shape index (κ3) is 4.96. The van der Waals surface area contributed by atoms with Gasteiger partial charge in [0.1, 0.15) is 5.75 Å². The highest BCUT2D eigenvalue weighted by Gasteiger charge is 2.32. The van der Waals surface area contributed by atoms with Gasteiger partial charge < -0.3 is 14.4 Å². The molecule has 0 bridgehead atoms. The maximum absolute atomic E-state index is 13.5. The van der Waals surface area contributed by atoms with Crippen molar-refractivity contribution in [1.29, 1.82) is 0 Å². The lowest BCUT2D eigenvalue weighted by Crippen LogP contribution is -2.41. The van der Waals surface area contributed by atoms with Gasteiger partial charge in [-0.05, 0) is 54.6 Å². The lowest BCUT2D eigenvalue weighted by Gasteiger charge is -2.28. The smallest absolute Gasteiger partial charge is 0.258 e. The number of amides is 1. The minimum absolute atomic E-state index is 0.0836. The first kappa shape index (κ1) is 23.4. The summed E-state index contributed by atoms with van der Waals surface area (Å²) in [5.74, 6) is -0.0745. The van der Waals surface area contributed by atoms with Gasteiger partial charge in [0, 0.05) is 29.7 Å². The quantitative estimate of drug-likeness (QED) is 0.603. The van der Waals surface area contributed by atoms with Crippen LogP contribution in [-0.4, -0.2) is 72.3 Å². The fraction of sp³-hybridized carbons (Fsp3) is 0.318. The molecule has 0 saturated carbocycles. The molecule has 0 spiro atoms. The first-order valence-corrected chi connectivity index (χ1v) is 13.4. The third-order valence-electron chi connectivity index (χ3n) is 5.52. The monoisotopic (exact) mass is 492 g/mol. The van der Waals surface area contributed by atoms with Crippen molar-refractivity contribution in [3.63, 3.8) is 0 Å². The van der Waals surface area contributed by atoms with Gasteiger partial charge in [-0.3, -0.25) is 4.79 Å². The summed E-state index contributed by atoms with van der Waals surface area (Å²) in [6.45, 7) is 1.22. The second-order valence-electron chi connectivity index (χ2n) is 7.64. The number of carbonyl (C=O) groups excluding carboxylic acids is 1. The summed E-state index contributed by atoms with van der Waals surface area (Å²) < 4.78 is 61.5. The van der Waals surface area contributed by atoms with Gasteiger partial charge in [0.25, 0.3) is 5.91 Å². The number of carbonyl (C=O) groups is 1. The molecule has 2 aromatic carbocycles. The molecule has 9 nitrogen and oxygen atoms in total. The van der Waals surface area contributed by atoms with Crippen molar-refractivity contribution in [3.05, 3.63) is 65.6 Å². The van der Waals surface area contributed by atoms with Gasteiger partial charge in [-0.2, -0.15) is 4.31 Å². The summed E-state index contributed by atoms with van der Waals surface area (Å²) in [6, 6.07) is 11.7. The molecule has 0 aromatic heterocycles. The fourth-order valence-corrected chi connectivity index (χ4v) is 6.44. The zero-order chi connectivity index (χ0) is 23.6. The van der Waals surface area contributed by atoms with Crippen molar-refractivity contribution >= 4 is 31.5 Å². The summed E-state index contributed by atoms with van der Waals surface area (Å²) in [7, 11) is -5.58. The van der Waals surface area contributed by atoms with E-state index in [1.165, 1.54) is 46.7 Å². The lowest BCUT2D eigenvalue weighted by molar-refractivity contribution is 0.0730. The Hall–Kier alpha value is -2.73. The van der Waals surface area contributed by atoms with Crippen molar-refractivity contribution in [2.24, 2.45) is 0 Å². The van der Waals surface area contributed by atoms with Gasteiger partial charge in [-0.1, -0.05) is 0 Å². The van der Waals surface area contributed by atoms with Gasteiger partial charge in [0.05, 0.1) is 37.0 Å². The Morgan fingerprint density at radius 1 is 1.06 bits per heavy atom. The fourth-order valence-electron chi connectivity index (χ4n) is 3.77. The van der Waals surface area contributed by atoms with E-state index in [1.807, 2.05) is 0 Å². The summed E-state index contributed by atoms with van der Waals surface area (Å²) in [6.07, 6.45) is 1.48. The van der Waals surface area contributed by atoms with E-state index >= 15 is 0 Å².